The van der Waals surface area contributed by atoms with Crippen LogP contribution in [0.15, 0.2) is 75.9 Å². The average molecular weight is 429 g/mol. The van der Waals surface area contributed by atoms with Crippen LogP contribution < -0.4 is 5.63 Å². The van der Waals surface area contributed by atoms with Crippen LogP contribution in [0.25, 0.3) is 0 Å². The van der Waals surface area contributed by atoms with Gasteiger partial charge in [0.05, 0.1) is 5.56 Å². The van der Waals surface area contributed by atoms with Crippen LogP contribution in [0.3, 0.4) is 0 Å². The van der Waals surface area contributed by atoms with Crippen LogP contribution >= 0.6 is 0 Å². The van der Waals surface area contributed by atoms with Crippen molar-refractivity contribution in [3.05, 3.63) is 99.6 Å². The average Bonchev–Trinajstić information content (AvgIpc) is 3.69. The molecule has 32 heavy (non-hydrogen) atoms. The minimum atomic E-state index is -0.370. The first-order chi connectivity index (χ1) is 15.6. The highest BCUT2D eigenvalue weighted by molar-refractivity contribution is 5.37. The lowest BCUT2D eigenvalue weighted by molar-refractivity contribution is 0.298. The lowest BCUT2D eigenvalue weighted by Crippen LogP contribution is -2.21. The Hall–Kier alpha value is -2.81. The first kappa shape index (κ1) is 21.1. The Morgan fingerprint density at radius 1 is 0.875 bits per heavy atom. The molecular weight excluding hydrogens is 396 g/mol. The monoisotopic (exact) mass is 428 g/mol. The van der Waals surface area contributed by atoms with Gasteiger partial charge in [0.25, 0.3) is 0 Å². The van der Waals surface area contributed by atoms with Crippen LogP contribution in [0.5, 0.6) is 5.75 Å². The molecule has 1 N–H and O–H groups in total. The van der Waals surface area contributed by atoms with Gasteiger partial charge in [-0.1, -0.05) is 67.6 Å². The molecule has 0 bridgehead atoms. The summed E-state index contributed by atoms with van der Waals surface area (Å²) in [6.07, 6.45) is 6.29. The van der Waals surface area contributed by atoms with Gasteiger partial charge >= 0.3 is 5.63 Å². The maximum atomic E-state index is 13.3. The third-order valence-electron chi connectivity index (χ3n) is 7.43. The van der Waals surface area contributed by atoms with Gasteiger partial charge in [-0.2, -0.15) is 0 Å². The molecule has 5 rings (SSSR count). The second-order valence-electron chi connectivity index (χ2n) is 9.87. The van der Waals surface area contributed by atoms with Crippen LogP contribution in [-0.4, -0.2) is 5.11 Å². The standard InChI is InChI=1S/C29H32O3/c1-19(22-12-13-22)27(23-14-15-23)26-18-25(30)28(29(31)32-26)24(16-20-8-4-2-5-9-20)17-21-10-6-3-7-11-21/h2-11,18-19,22-24,27,30H,12-17H2,1H3. The smallest absolute Gasteiger partial charge is 0.343 e. The molecule has 0 amide bonds. The molecule has 2 saturated carbocycles. The maximum Gasteiger partial charge on any atom is 0.343 e. The van der Waals surface area contributed by atoms with Crippen LogP contribution in [-0.2, 0) is 12.8 Å². The van der Waals surface area contributed by atoms with E-state index in [-0.39, 0.29) is 23.2 Å². The summed E-state index contributed by atoms with van der Waals surface area (Å²) in [7, 11) is 0. The van der Waals surface area contributed by atoms with E-state index in [9.17, 15) is 9.90 Å². The summed E-state index contributed by atoms with van der Waals surface area (Å²) >= 11 is 0. The predicted octanol–water partition coefficient (Wildman–Crippen LogP) is 6.45. The normalized spacial score (nSPS) is 17.9. The van der Waals surface area contributed by atoms with Crippen LogP contribution in [0.2, 0.25) is 0 Å². The molecule has 2 aromatic carbocycles. The van der Waals surface area contributed by atoms with E-state index in [1.54, 1.807) is 6.07 Å². The van der Waals surface area contributed by atoms with Gasteiger partial charge in [-0.15, -0.1) is 0 Å². The van der Waals surface area contributed by atoms with Crippen molar-refractivity contribution >= 4 is 0 Å². The van der Waals surface area contributed by atoms with E-state index in [1.165, 1.54) is 25.7 Å². The summed E-state index contributed by atoms with van der Waals surface area (Å²) < 4.78 is 5.99. The summed E-state index contributed by atoms with van der Waals surface area (Å²) in [5.41, 5.74) is 2.34. The molecule has 2 atom stereocenters. The molecule has 1 heterocycles. The quantitative estimate of drug-likeness (QED) is 0.426. The van der Waals surface area contributed by atoms with Gasteiger partial charge in [0.2, 0.25) is 0 Å². The van der Waals surface area contributed by atoms with E-state index in [0.717, 1.165) is 17.0 Å². The number of hydrogen-bond acceptors (Lipinski definition) is 3. The number of rotatable bonds is 9. The minimum absolute atomic E-state index is 0.0989. The Labute approximate surface area is 190 Å². The molecule has 3 aromatic rings. The fourth-order valence-corrected chi connectivity index (χ4v) is 5.41. The Bertz CT molecular complexity index is 1050. The Kier molecular flexibility index (Phi) is 5.91. The number of benzene rings is 2. The van der Waals surface area contributed by atoms with Crippen LogP contribution in [0.4, 0.5) is 0 Å². The highest BCUT2D eigenvalue weighted by Gasteiger charge is 2.43. The molecule has 2 fully saturated rings. The molecule has 0 saturated heterocycles. The van der Waals surface area contributed by atoms with Gasteiger partial charge in [0.1, 0.15) is 11.5 Å². The van der Waals surface area contributed by atoms with Gasteiger partial charge in [-0.25, -0.2) is 4.79 Å². The van der Waals surface area contributed by atoms with Crippen molar-refractivity contribution < 1.29 is 9.52 Å². The van der Waals surface area contributed by atoms with Crippen molar-refractivity contribution in [2.75, 3.05) is 0 Å². The molecule has 0 aliphatic heterocycles. The molecule has 2 aliphatic rings. The van der Waals surface area contributed by atoms with Crippen LogP contribution in [0.1, 0.15) is 66.9 Å². The third kappa shape index (κ3) is 4.67. The van der Waals surface area contributed by atoms with Gasteiger partial charge in [-0.3, -0.25) is 0 Å². The molecule has 2 unspecified atom stereocenters. The second-order valence-corrected chi connectivity index (χ2v) is 9.87. The maximum absolute atomic E-state index is 13.3. The summed E-state index contributed by atoms with van der Waals surface area (Å²) in [6, 6.07) is 22.1. The largest absolute Gasteiger partial charge is 0.507 e. The molecular formula is C29H32O3. The second kappa shape index (κ2) is 8.97. The Morgan fingerprint density at radius 3 is 1.88 bits per heavy atom. The highest BCUT2D eigenvalue weighted by Crippen LogP contribution is 2.53. The lowest BCUT2D eigenvalue weighted by Gasteiger charge is -2.24. The van der Waals surface area contributed by atoms with Crippen LogP contribution in [0, 0.1) is 17.8 Å². The summed E-state index contributed by atoms with van der Waals surface area (Å²) in [5, 5.41) is 11.1. The summed E-state index contributed by atoms with van der Waals surface area (Å²) in [5.74, 6) is 2.71. The van der Waals surface area contributed by atoms with E-state index >= 15 is 0 Å². The number of aromatic hydroxyl groups is 1. The predicted molar refractivity (Wildman–Crippen MR) is 127 cm³/mol. The van der Waals surface area contributed by atoms with Crippen molar-refractivity contribution in [3.63, 3.8) is 0 Å². The minimum Gasteiger partial charge on any atom is -0.507 e. The molecule has 166 valence electrons. The molecule has 0 radical (unpaired) electrons. The van der Waals surface area contributed by atoms with Gasteiger partial charge in [0, 0.05) is 17.9 Å². The molecule has 2 aliphatic carbocycles. The zero-order chi connectivity index (χ0) is 22.1. The molecule has 1 aromatic heterocycles. The Balaban J connectivity index is 1.49. The van der Waals surface area contributed by atoms with Crippen molar-refractivity contribution in [2.24, 2.45) is 17.8 Å². The highest BCUT2D eigenvalue weighted by atomic mass is 16.4. The third-order valence-corrected chi connectivity index (χ3v) is 7.43. The first-order valence-electron chi connectivity index (χ1n) is 12.0. The van der Waals surface area contributed by atoms with E-state index in [0.29, 0.717) is 36.0 Å². The van der Waals surface area contributed by atoms with Gasteiger partial charge in [0.15, 0.2) is 0 Å². The van der Waals surface area contributed by atoms with E-state index in [4.69, 9.17) is 4.42 Å². The van der Waals surface area contributed by atoms with E-state index in [1.807, 2.05) is 36.4 Å². The van der Waals surface area contributed by atoms with Crippen molar-refractivity contribution in [2.45, 2.75) is 57.3 Å². The van der Waals surface area contributed by atoms with Crippen molar-refractivity contribution in [1.29, 1.82) is 0 Å². The van der Waals surface area contributed by atoms with Gasteiger partial charge in [-0.05, 0) is 67.4 Å². The molecule has 3 heteroatoms. The van der Waals surface area contributed by atoms with E-state index in [2.05, 4.69) is 31.2 Å². The first-order valence-corrected chi connectivity index (χ1v) is 12.0. The van der Waals surface area contributed by atoms with E-state index < -0.39 is 0 Å². The van der Waals surface area contributed by atoms with Crippen molar-refractivity contribution in [1.82, 2.24) is 0 Å². The molecule has 3 nitrogen and oxygen atoms in total. The summed E-state index contributed by atoms with van der Waals surface area (Å²) in [6.45, 7) is 2.29. The molecule has 0 spiro atoms. The van der Waals surface area contributed by atoms with Gasteiger partial charge < -0.3 is 9.52 Å². The fourth-order valence-electron chi connectivity index (χ4n) is 5.41. The lowest BCUT2D eigenvalue weighted by atomic mass is 9.82. The SMILES string of the molecule is CC(C1CC1)C(c1cc(O)c(C(Cc2ccccc2)Cc2ccccc2)c(=O)o1)C1CC1. The zero-order valence-corrected chi connectivity index (χ0v) is 18.7. The zero-order valence-electron chi connectivity index (χ0n) is 18.7. The van der Waals surface area contributed by atoms with Crippen molar-refractivity contribution in [3.8, 4) is 5.75 Å². The Morgan fingerprint density at radius 2 is 1.41 bits per heavy atom. The number of hydrogen-bond donors (Lipinski definition) is 1. The topological polar surface area (TPSA) is 50.4 Å². The summed E-state index contributed by atoms with van der Waals surface area (Å²) in [4.78, 5) is 13.3. The fraction of sp³-hybridized carbons (Fsp3) is 0.414.